The molecule has 0 rings (SSSR count). The standard InChI is InChI=1S/C7H13NS/c1-3-4-6-9-7-5-8-2/h3-4,6,8H,1,5,7H2,2H3/b6-4-. The van der Waals surface area contributed by atoms with Gasteiger partial charge >= 0.3 is 0 Å². The van der Waals surface area contributed by atoms with Crippen LogP contribution in [0.15, 0.2) is 24.1 Å². The van der Waals surface area contributed by atoms with Gasteiger partial charge in [-0.25, -0.2) is 0 Å². The molecular weight excluding hydrogens is 130 g/mol. The van der Waals surface area contributed by atoms with Crippen LogP contribution >= 0.6 is 11.8 Å². The van der Waals surface area contributed by atoms with Gasteiger partial charge in [-0.2, -0.15) is 0 Å². The van der Waals surface area contributed by atoms with Gasteiger partial charge in [0.05, 0.1) is 0 Å². The van der Waals surface area contributed by atoms with Crippen molar-refractivity contribution in [3.05, 3.63) is 24.1 Å². The Labute approximate surface area is 61.2 Å². The third-order valence-corrected chi connectivity index (χ3v) is 1.57. The lowest BCUT2D eigenvalue weighted by Crippen LogP contribution is -2.08. The maximum Gasteiger partial charge on any atom is 0.00994 e. The second kappa shape index (κ2) is 7.79. The summed E-state index contributed by atoms with van der Waals surface area (Å²) < 4.78 is 0. The van der Waals surface area contributed by atoms with Crippen molar-refractivity contribution in [2.75, 3.05) is 19.3 Å². The molecule has 0 spiro atoms. The van der Waals surface area contributed by atoms with Crippen LogP contribution < -0.4 is 5.32 Å². The van der Waals surface area contributed by atoms with E-state index in [1.165, 1.54) is 0 Å². The molecule has 0 aliphatic carbocycles. The Morgan fingerprint density at radius 1 is 1.67 bits per heavy atom. The zero-order chi connectivity index (χ0) is 6.95. The molecule has 52 valence electrons. The molecule has 0 aliphatic rings. The maximum absolute atomic E-state index is 3.56. The fourth-order valence-corrected chi connectivity index (χ4v) is 1.02. The van der Waals surface area contributed by atoms with Crippen molar-refractivity contribution in [2.45, 2.75) is 0 Å². The molecule has 0 saturated carbocycles. The third-order valence-electron chi connectivity index (χ3n) is 0.781. The minimum Gasteiger partial charge on any atom is -0.319 e. The molecule has 0 aliphatic heterocycles. The second-order valence-corrected chi connectivity index (χ2v) is 2.55. The maximum atomic E-state index is 3.56. The Kier molecular flexibility index (Phi) is 7.61. The van der Waals surface area contributed by atoms with Gasteiger partial charge in [-0.3, -0.25) is 0 Å². The molecule has 0 saturated heterocycles. The van der Waals surface area contributed by atoms with E-state index < -0.39 is 0 Å². The zero-order valence-corrected chi connectivity index (χ0v) is 6.58. The second-order valence-electron chi connectivity index (χ2n) is 1.54. The molecule has 0 aromatic carbocycles. The molecular formula is C7H13NS. The molecule has 0 unspecified atom stereocenters. The summed E-state index contributed by atoms with van der Waals surface area (Å²) in [6.45, 7) is 4.62. The van der Waals surface area contributed by atoms with E-state index in [-0.39, 0.29) is 0 Å². The Morgan fingerprint density at radius 2 is 2.44 bits per heavy atom. The average Bonchev–Trinajstić information content (AvgIpc) is 1.89. The van der Waals surface area contributed by atoms with E-state index in [0.29, 0.717) is 0 Å². The molecule has 0 aromatic rings. The van der Waals surface area contributed by atoms with E-state index in [2.05, 4.69) is 11.9 Å². The van der Waals surface area contributed by atoms with Crippen molar-refractivity contribution in [3.8, 4) is 0 Å². The summed E-state index contributed by atoms with van der Waals surface area (Å²) in [5.74, 6) is 1.13. The van der Waals surface area contributed by atoms with Gasteiger partial charge in [0.2, 0.25) is 0 Å². The van der Waals surface area contributed by atoms with Crippen LogP contribution in [0.25, 0.3) is 0 Å². The number of nitrogens with one attached hydrogen (secondary N) is 1. The first-order valence-corrected chi connectivity index (χ1v) is 4.00. The summed E-state index contributed by atoms with van der Waals surface area (Å²) in [6.07, 6.45) is 3.73. The van der Waals surface area contributed by atoms with Crippen LogP contribution in [0, 0.1) is 0 Å². The van der Waals surface area contributed by atoms with E-state index in [1.54, 1.807) is 17.8 Å². The Morgan fingerprint density at radius 3 is 3.00 bits per heavy atom. The van der Waals surface area contributed by atoms with Crippen molar-refractivity contribution < 1.29 is 0 Å². The summed E-state index contributed by atoms with van der Waals surface area (Å²) in [4.78, 5) is 0. The van der Waals surface area contributed by atoms with Gasteiger partial charge in [0.1, 0.15) is 0 Å². The highest BCUT2D eigenvalue weighted by Gasteiger charge is 1.77. The van der Waals surface area contributed by atoms with Gasteiger partial charge in [-0.05, 0) is 12.5 Å². The first-order valence-electron chi connectivity index (χ1n) is 2.95. The molecule has 0 aromatic heterocycles. The van der Waals surface area contributed by atoms with E-state index in [0.717, 1.165) is 12.3 Å². The molecule has 0 bridgehead atoms. The minimum absolute atomic E-state index is 1.06. The summed E-state index contributed by atoms with van der Waals surface area (Å²) >= 11 is 1.79. The highest BCUT2D eigenvalue weighted by atomic mass is 32.2. The Hall–Kier alpha value is -0.210. The van der Waals surface area contributed by atoms with Crippen molar-refractivity contribution in [1.29, 1.82) is 0 Å². The monoisotopic (exact) mass is 143 g/mol. The minimum atomic E-state index is 1.06. The lowest BCUT2D eigenvalue weighted by Gasteiger charge is -1.91. The van der Waals surface area contributed by atoms with Gasteiger partial charge in [0, 0.05) is 12.3 Å². The summed E-state index contributed by atoms with van der Waals surface area (Å²) in [7, 11) is 1.96. The smallest absolute Gasteiger partial charge is 0.00994 e. The van der Waals surface area contributed by atoms with Gasteiger partial charge < -0.3 is 5.32 Å². The van der Waals surface area contributed by atoms with Crippen LogP contribution in [-0.2, 0) is 0 Å². The molecule has 0 fully saturated rings. The lowest BCUT2D eigenvalue weighted by molar-refractivity contribution is 0.873. The summed E-state index contributed by atoms with van der Waals surface area (Å²) in [5, 5.41) is 5.11. The predicted molar refractivity (Wildman–Crippen MR) is 45.7 cm³/mol. The Balaban J connectivity index is 2.90. The van der Waals surface area contributed by atoms with Crippen LogP contribution in [0.1, 0.15) is 0 Å². The number of hydrogen-bond acceptors (Lipinski definition) is 2. The zero-order valence-electron chi connectivity index (χ0n) is 5.76. The summed E-state index contributed by atoms with van der Waals surface area (Å²) in [5.41, 5.74) is 0. The van der Waals surface area contributed by atoms with Gasteiger partial charge in [-0.1, -0.05) is 18.7 Å². The van der Waals surface area contributed by atoms with Crippen molar-refractivity contribution in [2.24, 2.45) is 0 Å². The fraction of sp³-hybridized carbons (Fsp3) is 0.429. The summed E-state index contributed by atoms with van der Waals surface area (Å²) in [6, 6.07) is 0. The van der Waals surface area contributed by atoms with E-state index in [9.17, 15) is 0 Å². The van der Waals surface area contributed by atoms with Crippen LogP contribution in [0.4, 0.5) is 0 Å². The van der Waals surface area contributed by atoms with Gasteiger partial charge in [-0.15, -0.1) is 11.8 Å². The highest BCUT2D eigenvalue weighted by Crippen LogP contribution is 1.98. The van der Waals surface area contributed by atoms with Crippen molar-refractivity contribution >= 4 is 11.8 Å². The first kappa shape index (κ1) is 8.79. The number of allylic oxidation sites excluding steroid dienone is 2. The molecule has 0 atom stereocenters. The molecule has 0 radical (unpaired) electrons. The van der Waals surface area contributed by atoms with Crippen molar-refractivity contribution in [3.63, 3.8) is 0 Å². The van der Waals surface area contributed by atoms with E-state index in [1.807, 2.05) is 18.5 Å². The van der Waals surface area contributed by atoms with Gasteiger partial charge in [0.25, 0.3) is 0 Å². The molecule has 0 amide bonds. The third kappa shape index (κ3) is 7.79. The number of thioether (sulfide) groups is 1. The largest absolute Gasteiger partial charge is 0.319 e. The molecule has 1 N–H and O–H groups in total. The van der Waals surface area contributed by atoms with Crippen LogP contribution in [0.5, 0.6) is 0 Å². The molecule has 9 heavy (non-hydrogen) atoms. The van der Waals surface area contributed by atoms with Gasteiger partial charge in [0.15, 0.2) is 0 Å². The number of hydrogen-bond donors (Lipinski definition) is 1. The first-order chi connectivity index (χ1) is 4.41. The quantitative estimate of drug-likeness (QED) is 0.464. The average molecular weight is 143 g/mol. The molecule has 0 heterocycles. The van der Waals surface area contributed by atoms with Crippen LogP contribution in [0.2, 0.25) is 0 Å². The number of rotatable bonds is 5. The SMILES string of the molecule is C=C/C=C\SCCNC. The fourth-order valence-electron chi connectivity index (χ4n) is 0.340. The lowest BCUT2D eigenvalue weighted by atomic mass is 10.6. The normalized spacial score (nSPS) is 10.3. The predicted octanol–water partition coefficient (Wildman–Crippen LogP) is 1.64. The highest BCUT2D eigenvalue weighted by molar-refractivity contribution is 8.02. The van der Waals surface area contributed by atoms with Crippen LogP contribution in [-0.4, -0.2) is 19.3 Å². The molecule has 1 nitrogen and oxygen atoms in total. The topological polar surface area (TPSA) is 12.0 Å². The van der Waals surface area contributed by atoms with E-state index in [4.69, 9.17) is 0 Å². The van der Waals surface area contributed by atoms with Crippen LogP contribution in [0.3, 0.4) is 0 Å². The Bertz CT molecular complexity index is 88.9. The van der Waals surface area contributed by atoms with Crippen molar-refractivity contribution in [1.82, 2.24) is 5.32 Å². The van der Waals surface area contributed by atoms with E-state index >= 15 is 0 Å². The molecule has 2 heteroatoms.